The van der Waals surface area contributed by atoms with Gasteiger partial charge in [-0.3, -0.25) is 19.3 Å². The molecule has 4 N–H and O–H groups in total. The number of carboxylic acid groups (broad SMARTS) is 1. The standard InChI is InChI=1S/C13H21N3O3.C9H8FNO2.C2H6/c1-4-10(17)15-11(8(2)3)13(19)16-7-5-6-9(16)12(14)18;10-8-3-1-2-6-4-11(9(12)13)5-7(6)8;1-2/h4,8-9,11H,1,5-7H2,2-3H3,(H2,14,18)(H,15,17);1-3H,4-5H2,(H,12,13);1-2H3/t9-,11?;;/m0../s1. The highest BCUT2D eigenvalue weighted by molar-refractivity contribution is 5.94. The highest BCUT2D eigenvalue weighted by Gasteiger charge is 2.37. The Labute approximate surface area is 199 Å². The van der Waals surface area contributed by atoms with Crippen molar-refractivity contribution in [3.8, 4) is 0 Å². The van der Waals surface area contributed by atoms with Crippen molar-refractivity contribution in [3.63, 3.8) is 0 Å². The molecule has 188 valence electrons. The normalized spacial score (nSPS) is 16.9. The molecule has 0 aliphatic carbocycles. The van der Waals surface area contributed by atoms with Gasteiger partial charge in [-0.15, -0.1) is 0 Å². The molecule has 0 spiro atoms. The van der Waals surface area contributed by atoms with Gasteiger partial charge < -0.3 is 21.1 Å². The second kappa shape index (κ2) is 13.3. The molecule has 1 aromatic carbocycles. The maximum Gasteiger partial charge on any atom is 0.407 e. The van der Waals surface area contributed by atoms with Crippen LogP contribution in [-0.2, 0) is 27.5 Å². The van der Waals surface area contributed by atoms with Gasteiger partial charge in [-0.1, -0.05) is 46.4 Å². The largest absolute Gasteiger partial charge is 0.465 e. The van der Waals surface area contributed by atoms with Gasteiger partial charge in [0.25, 0.3) is 0 Å². The Bertz CT molecular complexity index is 905. The average molecular weight is 479 g/mol. The molecule has 0 saturated carbocycles. The summed E-state index contributed by atoms with van der Waals surface area (Å²) in [5, 5.41) is 11.3. The zero-order valence-electron chi connectivity index (χ0n) is 20.2. The molecule has 4 amide bonds. The Morgan fingerprint density at radius 1 is 1.24 bits per heavy atom. The first-order valence-corrected chi connectivity index (χ1v) is 11.3. The van der Waals surface area contributed by atoms with Crippen molar-refractivity contribution in [1.29, 1.82) is 0 Å². The highest BCUT2D eigenvalue weighted by Crippen LogP contribution is 2.24. The second-order valence-corrected chi connectivity index (χ2v) is 8.04. The van der Waals surface area contributed by atoms with E-state index in [2.05, 4.69) is 11.9 Å². The fourth-order valence-corrected chi connectivity index (χ4v) is 3.75. The summed E-state index contributed by atoms with van der Waals surface area (Å²) in [6, 6.07) is 3.48. The van der Waals surface area contributed by atoms with Crippen LogP contribution in [0.4, 0.5) is 9.18 Å². The van der Waals surface area contributed by atoms with Crippen molar-refractivity contribution < 1.29 is 28.7 Å². The lowest BCUT2D eigenvalue weighted by Crippen LogP contribution is -2.54. The van der Waals surface area contributed by atoms with E-state index in [-0.39, 0.29) is 24.2 Å². The molecule has 9 nitrogen and oxygen atoms in total. The number of fused-ring (bicyclic) bond motifs is 1. The Balaban J connectivity index is 0.000000334. The molecule has 3 rings (SSSR count). The van der Waals surface area contributed by atoms with E-state index in [0.29, 0.717) is 25.1 Å². The van der Waals surface area contributed by atoms with Gasteiger partial charge in [0, 0.05) is 18.7 Å². The van der Waals surface area contributed by atoms with E-state index >= 15 is 0 Å². The van der Waals surface area contributed by atoms with Gasteiger partial charge in [0.1, 0.15) is 17.9 Å². The van der Waals surface area contributed by atoms with E-state index in [1.54, 1.807) is 12.1 Å². The van der Waals surface area contributed by atoms with Crippen molar-refractivity contribution >= 4 is 23.8 Å². The van der Waals surface area contributed by atoms with Crippen LogP contribution in [0.1, 0.15) is 51.7 Å². The summed E-state index contributed by atoms with van der Waals surface area (Å²) in [5.74, 6) is -1.55. The fraction of sp³-hybridized carbons (Fsp3) is 0.500. The quantitative estimate of drug-likeness (QED) is 0.560. The summed E-state index contributed by atoms with van der Waals surface area (Å²) < 4.78 is 13.1. The molecule has 1 aromatic rings. The number of halogens is 1. The number of primary amides is 1. The number of benzene rings is 1. The lowest BCUT2D eigenvalue weighted by Gasteiger charge is -2.29. The number of carbonyl (C=O) groups excluding carboxylic acids is 3. The number of nitrogens with zero attached hydrogens (tertiary/aromatic N) is 2. The van der Waals surface area contributed by atoms with E-state index < -0.39 is 30.0 Å². The third kappa shape index (κ3) is 7.29. The van der Waals surface area contributed by atoms with Gasteiger partial charge in [0.05, 0.1) is 6.54 Å². The molecule has 2 aliphatic rings. The number of nitrogens with two attached hydrogens (primary N) is 1. The van der Waals surface area contributed by atoms with Crippen molar-refractivity contribution in [1.82, 2.24) is 15.1 Å². The number of amides is 4. The van der Waals surface area contributed by atoms with E-state index in [0.717, 1.165) is 18.1 Å². The van der Waals surface area contributed by atoms with Crippen LogP contribution in [0.5, 0.6) is 0 Å². The molecule has 2 heterocycles. The number of hydrogen-bond donors (Lipinski definition) is 3. The number of nitrogens with one attached hydrogen (secondary N) is 1. The smallest absolute Gasteiger partial charge is 0.407 e. The van der Waals surface area contributed by atoms with Crippen molar-refractivity contribution in [2.75, 3.05) is 6.54 Å². The zero-order chi connectivity index (χ0) is 26.0. The number of rotatable bonds is 5. The Kier molecular flexibility index (Phi) is 11.2. The molecule has 2 atom stereocenters. The van der Waals surface area contributed by atoms with Crippen molar-refractivity contribution in [2.24, 2.45) is 11.7 Å². The third-order valence-electron chi connectivity index (χ3n) is 5.48. The number of hydrogen-bond acceptors (Lipinski definition) is 4. The van der Waals surface area contributed by atoms with Gasteiger partial charge in [-0.2, -0.15) is 0 Å². The topological polar surface area (TPSA) is 133 Å². The molecule has 1 saturated heterocycles. The number of likely N-dealkylation sites (tertiary alicyclic amines) is 1. The van der Waals surface area contributed by atoms with Crippen LogP contribution in [-0.4, -0.2) is 57.3 Å². The Morgan fingerprint density at radius 2 is 1.88 bits per heavy atom. The van der Waals surface area contributed by atoms with Crippen LogP contribution in [0.2, 0.25) is 0 Å². The minimum atomic E-state index is -1.00. The van der Waals surface area contributed by atoms with E-state index in [1.807, 2.05) is 27.7 Å². The molecular weight excluding hydrogens is 443 g/mol. The SMILES string of the molecule is C=CC(=O)NC(C(=O)N1CCC[C@H]1C(N)=O)C(C)C.CC.O=C(O)N1Cc2cccc(F)c2C1. The van der Waals surface area contributed by atoms with Crippen LogP contribution in [0.25, 0.3) is 0 Å². The van der Waals surface area contributed by atoms with Gasteiger partial charge in [-0.05, 0) is 36.5 Å². The molecule has 1 fully saturated rings. The summed E-state index contributed by atoms with van der Waals surface area (Å²) in [4.78, 5) is 48.3. The Morgan fingerprint density at radius 3 is 2.38 bits per heavy atom. The summed E-state index contributed by atoms with van der Waals surface area (Å²) in [7, 11) is 0. The molecule has 0 bridgehead atoms. The molecule has 2 aliphatic heterocycles. The van der Waals surface area contributed by atoms with Crippen molar-refractivity contribution in [3.05, 3.63) is 47.8 Å². The summed E-state index contributed by atoms with van der Waals surface area (Å²) in [5.41, 5.74) is 6.56. The lowest BCUT2D eigenvalue weighted by atomic mass is 10.0. The van der Waals surface area contributed by atoms with Gasteiger partial charge >= 0.3 is 6.09 Å². The lowest BCUT2D eigenvalue weighted by molar-refractivity contribution is -0.141. The van der Waals surface area contributed by atoms with Crippen LogP contribution in [0, 0.1) is 11.7 Å². The molecule has 0 radical (unpaired) electrons. The number of carbonyl (C=O) groups is 4. The monoisotopic (exact) mass is 478 g/mol. The molecule has 0 aromatic heterocycles. The minimum absolute atomic E-state index is 0.0782. The van der Waals surface area contributed by atoms with E-state index in [1.165, 1.54) is 15.9 Å². The maximum atomic E-state index is 13.1. The minimum Gasteiger partial charge on any atom is -0.465 e. The average Bonchev–Trinajstić information content (AvgIpc) is 3.47. The summed E-state index contributed by atoms with van der Waals surface area (Å²) >= 11 is 0. The summed E-state index contributed by atoms with van der Waals surface area (Å²) in [6.45, 7) is 12.0. The van der Waals surface area contributed by atoms with E-state index in [4.69, 9.17) is 10.8 Å². The van der Waals surface area contributed by atoms with Gasteiger partial charge in [-0.25, -0.2) is 9.18 Å². The Hall–Kier alpha value is -3.43. The van der Waals surface area contributed by atoms with Crippen LogP contribution >= 0.6 is 0 Å². The van der Waals surface area contributed by atoms with Gasteiger partial charge in [0.2, 0.25) is 17.7 Å². The molecular formula is C24H35FN4O5. The zero-order valence-corrected chi connectivity index (χ0v) is 20.2. The van der Waals surface area contributed by atoms with Crippen LogP contribution < -0.4 is 11.1 Å². The van der Waals surface area contributed by atoms with Crippen LogP contribution in [0.15, 0.2) is 30.9 Å². The first-order valence-electron chi connectivity index (χ1n) is 11.3. The first kappa shape index (κ1) is 28.6. The predicted molar refractivity (Wildman–Crippen MR) is 126 cm³/mol. The second-order valence-electron chi connectivity index (χ2n) is 8.04. The fourth-order valence-electron chi connectivity index (χ4n) is 3.75. The molecule has 1 unspecified atom stereocenters. The van der Waals surface area contributed by atoms with E-state index in [9.17, 15) is 23.6 Å². The van der Waals surface area contributed by atoms with Crippen molar-refractivity contribution in [2.45, 2.75) is 65.7 Å². The first-order chi connectivity index (χ1) is 16.1. The highest BCUT2D eigenvalue weighted by atomic mass is 19.1. The molecule has 10 heteroatoms. The predicted octanol–water partition coefficient (Wildman–Crippen LogP) is 2.64. The van der Waals surface area contributed by atoms with Crippen LogP contribution in [0.3, 0.4) is 0 Å². The summed E-state index contributed by atoms with van der Waals surface area (Å²) in [6.07, 6.45) is 1.45. The maximum absolute atomic E-state index is 13.1. The third-order valence-corrected chi connectivity index (χ3v) is 5.48. The molecule has 34 heavy (non-hydrogen) atoms. The van der Waals surface area contributed by atoms with Gasteiger partial charge in [0.15, 0.2) is 0 Å².